The van der Waals surface area contributed by atoms with Crippen molar-refractivity contribution in [2.45, 2.75) is 106 Å². The number of primary amides is 1. The Hall–Kier alpha value is -6.46. The molecule has 23 heteroatoms. The van der Waals surface area contributed by atoms with E-state index >= 15 is 0 Å². The van der Waals surface area contributed by atoms with Gasteiger partial charge in [0.15, 0.2) is 5.96 Å². The van der Waals surface area contributed by atoms with Crippen molar-refractivity contribution in [3.63, 3.8) is 0 Å². The van der Waals surface area contributed by atoms with Gasteiger partial charge in [0.25, 0.3) is 0 Å². The number of aromatic hydroxyl groups is 1. The first kappa shape index (κ1) is 51.2. The van der Waals surface area contributed by atoms with Gasteiger partial charge < -0.3 is 69.3 Å². The van der Waals surface area contributed by atoms with Crippen molar-refractivity contribution in [1.82, 2.24) is 31.1 Å². The Balaban J connectivity index is 1.64. The summed E-state index contributed by atoms with van der Waals surface area (Å²) in [5, 5.41) is 40.4. The van der Waals surface area contributed by atoms with E-state index in [0.717, 1.165) is 4.90 Å². The summed E-state index contributed by atoms with van der Waals surface area (Å²) in [6.45, 7) is -0.0245. The number of β-amino-alcohol motifs (C(OH)–C–C–N with tert-alkyl or cyclic N) is 1. The van der Waals surface area contributed by atoms with Crippen LogP contribution in [0.3, 0.4) is 0 Å². The predicted molar refractivity (Wildman–Crippen MR) is 238 cm³/mol. The number of guanidine groups is 1. The molecule has 0 aliphatic carbocycles. The van der Waals surface area contributed by atoms with Crippen LogP contribution in [0.5, 0.6) is 5.75 Å². The lowest BCUT2D eigenvalue weighted by atomic mass is 10.0. The first-order valence-corrected chi connectivity index (χ1v) is 21.8. The first-order chi connectivity index (χ1) is 30.9. The summed E-state index contributed by atoms with van der Waals surface area (Å²) in [7, 11) is 0. The van der Waals surface area contributed by atoms with Crippen LogP contribution in [0.25, 0.3) is 0 Å². The van der Waals surface area contributed by atoms with E-state index in [2.05, 4.69) is 38.9 Å². The molecule has 0 spiro atoms. The van der Waals surface area contributed by atoms with Gasteiger partial charge in [0, 0.05) is 51.1 Å². The molecule has 2 aliphatic heterocycles. The monoisotopic (exact) mass is 925 g/mol. The third-order valence-corrected chi connectivity index (χ3v) is 11.4. The van der Waals surface area contributed by atoms with Crippen LogP contribution in [0.15, 0.2) is 59.6 Å². The minimum absolute atomic E-state index is 0.00981. The second-order valence-electron chi connectivity index (χ2n) is 16.0. The largest absolute Gasteiger partial charge is 0.508 e. The maximum atomic E-state index is 14.5. The number of phenols is 1. The average molecular weight is 926 g/mol. The molecule has 7 amide bonds. The lowest BCUT2D eigenvalue weighted by Crippen LogP contribution is -2.60. The van der Waals surface area contributed by atoms with Crippen LogP contribution in [-0.4, -0.2) is 152 Å². The van der Waals surface area contributed by atoms with Gasteiger partial charge in [0.1, 0.15) is 42.0 Å². The fourth-order valence-corrected chi connectivity index (χ4v) is 7.77. The number of nitrogens with one attached hydrogen (secondary N) is 4. The topological polar surface area (TPSA) is 368 Å². The molecular formula is C42H59N11O11S. The molecule has 0 aromatic heterocycles. The summed E-state index contributed by atoms with van der Waals surface area (Å²) in [5.41, 5.74) is 23.2. The molecule has 2 aliphatic rings. The van der Waals surface area contributed by atoms with Crippen LogP contribution < -0.4 is 44.2 Å². The van der Waals surface area contributed by atoms with Gasteiger partial charge in [-0.15, -0.1) is 0 Å². The zero-order valence-corrected chi connectivity index (χ0v) is 36.6. The van der Waals surface area contributed by atoms with Crippen molar-refractivity contribution in [2.24, 2.45) is 27.9 Å². The number of aliphatic hydroxyl groups is 1. The molecule has 2 aromatic rings. The number of hydrogen-bond acceptors (Lipinski definition) is 13. The molecule has 0 unspecified atom stereocenters. The molecule has 2 saturated heterocycles. The van der Waals surface area contributed by atoms with Crippen LogP contribution >= 0.6 is 12.6 Å². The molecule has 0 saturated carbocycles. The minimum atomic E-state index is -1.50. The Kier molecular flexibility index (Phi) is 19.3. The van der Waals surface area contributed by atoms with Crippen molar-refractivity contribution in [2.75, 3.05) is 25.4 Å². The first-order valence-electron chi connectivity index (χ1n) is 21.1. The molecule has 8 atom stereocenters. The van der Waals surface area contributed by atoms with Crippen LogP contribution in [0.2, 0.25) is 0 Å². The number of aliphatic carboxylic acids is 1. The molecule has 2 aromatic carbocycles. The number of carboxylic acids is 1. The number of likely N-dealkylation sites (tertiary alicyclic amines) is 2. The number of rotatable bonds is 23. The van der Waals surface area contributed by atoms with E-state index in [1.807, 2.05) is 0 Å². The number of aliphatic imine (C=N–C) groups is 1. The molecule has 354 valence electrons. The Labute approximate surface area is 380 Å². The Morgan fingerprint density at radius 3 is 1.94 bits per heavy atom. The zero-order valence-electron chi connectivity index (χ0n) is 35.7. The summed E-state index contributed by atoms with van der Waals surface area (Å²) in [5.74, 6) is -7.08. The van der Waals surface area contributed by atoms with Crippen LogP contribution in [0, 0.1) is 0 Å². The fourth-order valence-electron chi connectivity index (χ4n) is 7.60. The van der Waals surface area contributed by atoms with E-state index in [-0.39, 0.29) is 88.5 Å². The maximum absolute atomic E-state index is 14.5. The van der Waals surface area contributed by atoms with Gasteiger partial charge in [0.2, 0.25) is 41.4 Å². The Morgan fingerprint density at radius 1 is 0.754 bits per heavy atom. The Bertz CT molecular complexity index is 2040. The maximum Gasteiger partial charge on any atom is 0.326 e. The highest BCUT2D eigenvalue weighted by molar-refractivity contribution is 7.80. The number of carbonyl (C=O) groups is 8. The van der Waals surface area contributed by atoms with Crippen LogP contribution in [0.1, 0.15) is 56.1 Å². The molecule has 2 fully saturated rings. The lowest BCUT2D eigenvalue weighted by Gasteiger charge is -2.33. The SMILES string of the molecule is NC(=O)CC[C@H](NC(=O)[C@H](CCCN=C(N)N)NC(=O)[C@@H](N)CS)C(=O)N[C@@H](Cc1ccc(O)cc1)C(=O)N[C@@H](Cc1ccccc1)C(=O)N1CCC[C@H]1C(=O)N1C[C@H](O)C[C@H]1C(=O)O. The third-order valence-electron chi connectivity index (χ3n) is 11.0. The van der Waals surface area contributed by atoms with Crippen molar-refractivity contribution in [3.05, 3.63) is 65.7 Å². The van der Waals surface area contributed by atoms with Crippen molar-refractivity contribution in [1.29, 1.82) is 0 Å². The molecule has 15 N–H and O–H groups in total. The fraction of sp³-hybridized carbons (Fsp3) is 0.500. The number of carboxylic acid groups (broad SMARTS) is 1. The lowest BCUT2D eigenvalue weighted by molar-refractivity contribution is -0.152. The quantitative estimate of drug-likeness (QED) is 0.0225. The average Bonchev–Trinajstić information content (AvgIpc) is 3.93. The number of nitrogens with zero attached hydrogens (tertiary/aromatic N) is 3. The molecular weight excluding hydrogens is 867 g/mol. The molecule has 4 rings (SSSR count). The van der Waals surface area contributed by atoms with Gasteiger partial charge in [-0.2, -0.15) is 12.6 Å². The van der Waals surface area contributed by atoms with E-state index in [0.29, 0.717) is 17.5 Å². The third kappa shape index (κ3) is 15.3. The molecule has 0 bridgehead atoms. The van der Waals surface area contributed by atoms with Gasteiger partial charge in [-0.25, -0.2) is 4.79 Å². The number of carbonyl (C=O) groups excluding carboxylic acids is 7. The van der Waals surface area contributed by atoms with Crippen molar-refractivity contribution < 1.29 is 53.7 Å². The number of hydrogen-bond donors (Lipinski definition) is 12. The highest BCUT2D eigenvalue weighted by Crippen LogP contribution is 2.26. The van der Waals surface area contributed by atoms with E-state index in [4.69, 9.17) is 22.9 Å². The highest BCUT2D eigenvalue weighted by atomic mass is 32.1. The summed E-state index contributed by atoms with van der Waals surface area (Å²) in [6.07, 6.45) is -1.42. The molecule has 22 nitrogen and oxygen atoms in total. The summed E-state index contributed by atoms with van der Waals surface area (Å²) in [6, 6.07) is 5.41. The number of nitrogens with two attached hydrogens (primary N) is 4. The highest BCUT2D eigenvalue weighted by Gasteiger charge is 2.46. The van der Waals surface area contributed by atoms with E-state index < -0.39 is 95.7 Å². The standard InChI is InChI=1S/C42H59N11O11S/c43-27(22-65)35(57)48-28(8-4-16-47-42(45)46)36(58)49-29(14-15-34(44)56)37(59)50-30(18-24-10-12-25(54)13-11-24)38(60)51-31(19-23-6-2-1-3-7-23)39(61)52-17-5-9-32(52)40(62)53-21-26(55)20-33(53)41(63)64/h1-3,6-7,10-13,26-33,54-55,65H,4-5,8-9,14-22,43H2,(H2,44,56)(H,48,57)(H,49,58)(H,50,59)(H,51,60)(H,63,64)(H4,45,46,47)/t26-,27+,28+,29+,30+,31+,32+,33+/m1/s1. The summed E-state index contributed by atoms with van der Waals surface area (Å²) >= 11 is 4.04. The molecule has 0 radical (unpaired) electrons. The predicted octanol–water partition coefficient (Wildman–Crippen LogP) is -3.27. The Morgan fingerprint density at radius 2 is 1.32 bits per heavy atom. The normalized spacial score (nSPS) is 19.2. The van der Waals surface area contributed by atoms with Crippen LogP contribution in [-0.2, 0) is 51.2 Å². The zero-order chi connectivity index (χ0) is 47.8. The smallest absolute Gasteiger partial charge is 0.326 e. The van der Waals surface area contributed by atoms with Gasteiger partial charge in [-0.3, -0.25) is 38.6 Å². The van der Waals surface area contributed by atoms with E-state index in [9.17, 15) is 53.7 Å². The summed E-state index contributed by atoms with van der Waals surface area (Å²) in [4.78, 5) is 114. The van der Waals surface area contributed by atoms with E-state index in [1.54, 1.807) is 30.3 Å². The number of aliphatic hydroxyl groups excluding tert-OH is 1. The molecule has 2 heterocycles. The van der Waals surface area contributed by atoms with Gasteiger partial charge in [-0.1, -0.05) is 42.5 Å². The van der Waals surface area contributed by atoms with E-state index in [1.165, 1.54) is 29.2 Å². The van der Waals surface area contributed by atoms with Gasteiger partial charge in [-0.05, 0) is 55.4 Å². The second-order valence-corrected chi connectivity index (χ2v) is 16.3. The summed E-state index contributed by atoms with van der Waals surface area (Å²) < 4.78 is 0. The minimum Gasteiger partial charge on any atom is -0.508 e. The number of benzene rings is 2. The number of thiol groups is 1. The van der Waals surface area contributed by atoms with Crippen LogP contribution in [0.4, 0.5) is 0 Å². The van der Waals surface area contributed by atoms with Gasteiger partial charge >= 0.3 is 5.97 Å². The molecule has 65 heavy (non-hydrogen) atoms. The number of phenolic OH excluding ortho intramolecular Hbond substituents is 1. The second kappa shape index (κ2) is 24.6. The van der Waals surface area contributed by atoms with Gasteiger partial charge in [0.05, 0.1) is 12.1 Å². The number of amides is 7. The van der Waals surface area contributed by atoms with Crippen molar-refractivity contribution >= 4 is 65.9 Å². The van der Waals surface area contributed by atoms with Crippen molar-refractivity contribution in [3.8, 4) is 5.75 Å².